The Morgan fingerprint density at radius 1 is 1.00 bits per heavy atom. The molecule has 2 heterocycles. The van der Waals surface area contributed by atoms with E-state index in [-0.39, 0.29) is 23.2 Å². The number of carbonyl (C=O) groups is 1. The number of benzene rings is 3. The lowest BCUT2D eigenvalue weighted by Gasteiger charge is -2.12. The minimum absolute atomic E-state index is 0.0670. The molecule has 0 radical (unpaired) electrons. The molecule has 9 heteroatoms. The highest BCUT2D eigenvalue weighted by Crippen LogP contribution is 2.40. The summed E-state index contributed by atoms with van der Waals surface area (Å²) in [5.74, 6) is -0.244. The van der Waals surface area contributed by atoms with Gasteiger partial charge in [-0.3, -0.25) is 9.78 Å². The van der Waals surface area contributed by atoms with Gasteiger partial charge in [-0.2, -0.15) is 0 Å². The summed E-state index contributed by atoms with van der Waals surface area (Å²) in [5, 5.41) is 5.55. The number of hydrogen-bond acceptors (Lipinski definition) is 6. The number of anilines is 2. The fourth-order valence-electron chi connectivity index (χ4n) is 3.96. The van der Waals surface area contributed by atoms with Crippen molar-refractivity contribution >= 4 is 56.2 Å². The van der Waals surface area contributed by atoms with E-state index in [0.29, 0.717) is 11.4 Å². The molecule has 196 valence electrons. The van der Waals surface area contributed by atoms with Crippen molar-refractivity contribution in [3.63, 3.8) is 0 Å². The summed E-state index contributed by atoms with van der Waals surface area (Å²) in [5.41, 5.74) is 4.23. The van der Waals surface area contributed by atoms with Gasteiger partial charge in [-0.05, 0) is 53.7 Å². The summed E-state index contributed by atoms with van der Waals surface area (Å²) in [4.78, 5) is 19.8. The Hall–Kier alpha value is -4.34. The smallest absolute Gasteiger partial charge is 0.230 e. The van der Waals surface area contributed by atoms with Crippen molar-refractivity contribution < 1.29 is 13.9 Å². The maximum Gasteiger partial charge on any atom is 0.230 e. The van der Waals surface area contributed by atoms with Gasteiger partial charge in [0.15, 0.2) is 16.7 Å². The number of thiophene rings is 1. The number of rotatable bonds is 7. The van der Waals surface area contributed by atoms with Crippen molar-refractivity contribution in [2.24, 2.45) is 0 Å². The van der Waals surface area contributed by atoms with Crippen LogP contribution < -0.4 is 20.3 Å². The Kier molecular flexibility index (Phi) is 7.81. The maximum absolute atomic E-state index is 15.0. The molecule has 0 aliphatic rings. The lowest BCUT2D eigenvalue weighted by molar-refractivity contribution is -0.119. The molecule has 0 saturated heterocycles. The van der Waals surface area contributed by atoms with Gasteiger partial charge in [0.2, 0.25) is 5.91 Å². The summed E-state index contributed by atoms with van der Waals surface area (Å²) < 4.78 is 21.8. The predicted octanol–water partition coefficient (Wildman–Crippen LogP) is 7.02. The Bertz CT molecular complexity index is 1640. The van der Waals surface area contributed by atoms with Crippen LogP contribution in [0, 0.1) is 5.82 Å². The van der Waals surface area contributed by atoms with Crippen LogP contribution in [-0.2, 0) is 11.2 Å². The minimum Gasteiger partial charge on any atom is -0.453 e. The first-order chi connectivity index (χ1) is 18.9. The molecule has 39 heavy (non-hydrogen) atoms. The molecule has 0 atom stereocenters. The average molecular weight is 557 g/mol. The first-order valence-electron chi connectivity index (χ1n) is 12.1. The van der Waals surface area contributed by atoms with Crippen molar-refractivity contribution in [2.75, 3.05) is 24.3 Å². The van der Waals surface area contributed by atoms with Crippen LogP contribution in [0.4, 0.5) is 15.8 Å². The summed E-state index contributed by atoms with van der Waals surface area (Å²) >= 11 is 6.76. The van der Waals surface area contributed by atoms with Gasteiger partial charge in [0.05, 0.1) is 16.6 Å². The van der Waals surface area contributed by atoms with Crippen LogP contribution in [0.2, 0.25) is 0 Å². The van der Waals surface area contributed by atoms with Gasteiger partial charge in [0, 0.05) is 48.7 Å². The van der Waals surface area contributed by atoms with Gasteiger partial charge < -0.3 is 20.3 Å². The van der Waals surface area contributed by atoms with Crippen LogP contribution >= 0.6 is 23.6 Å². The zero-order chi connectivity index (χ0) is 27.4. The lowest BCUT2D eigenvalue weighted by atomic mass is 10.1. The first-order valence-corrected chi connectivity index (χ1v) is 13.4. The van der Waals surface area contributed by atoms with E-state index in [2.05, 4.69) is 39.9 Å². The highest BCUT2D eigenvalue weighted by atomic mass is 32.1. The van der Waals surface area contributed by atoms with E-state index in [4.69, 9.17) is 17.0 Å². The van der Waals surface area contributed by atoms with Crippen LogP contribution in [0.15, 0.2) is 91.1 Å². The molecule has 2 N–H and O–H groups in total. The molecule has 0 aliphatic carbocycles. The Morgan fingerprint density at radius 2 is 1.77 bits per heavy atom. The van der Waals surface area contributed by atoms with Gasteiger partial charge in [0.1, 0.15) is 5.75 Å². The monoisotopic (exact) mass is 556 g/mol. The van der Waals surface area contributed by atoms with Crippen LogP contribution in [0.1, 0.15) is 5.56 Å². The van der Waals surface area contributed by atoms with Crippen LogP contribution in [0.25, 0.3) is 20.7 Å². The number of aromatic nitrogens is 1. The molecule has 0 bridgehead atoms. The maximum atomic E-state index is 15.0. The van der Waals surface area contributed by atoms with Crippen LogP contribution in [0.5, 0.6) is 11.5 Å². The molecular formula is C30H25FN4O2S2. The second-order valence-corrected chi connectivity index (χ2v) is 10.4. The number of nitrogens with zero attached hydrogens (tertiary/aromatic N) is 2. The summed E-state index contributed by atoms with van der Waals surface area (Å²) in [6.45, 7) is 0. The molecule has 0 unspecified atom stereocenters. The number of fused-ring (bicyclic) bond motifs is 1. The largest absolute Gasteiger partial charge is 0.453 e. The van der Waals surface area contributed by atoms with Crippen molar-refractivity contribution in [1.82, 2.24) is 10.3 Å². The Morgan fingerprint density at radius 3 is 2.49 bits per heavy atom. The zero-order valence-electron chi connectivity index (χ0n) is 21.3. The van der Waals surface area contributed by atoms with E-state index in [1.54, 1.807) is 29.7 Å². The van der Waals surface area contributed by atoms with E-state index in [9.17, 15) is 9.18 Å². The molecule has 0 aliphatic heterocycles. The molecule has 0 fully saturated rings. The molecule has 3 aromatic carbocycles. The van der Waals surface area contributed by atoms with Gasteiger partial charge in [0.25, 0.3) is 0 Å². The molecule has 6 nitrogen and oxygen atoms in total. The van der Waals surface area contributed by atoms with Crippen molar-refractivity contribution in [2.45, 2.75) is 6.42 Å². The number of halogens is 1. The average Bonchev–Trinajstić information content (AvgIpc) is 3.36. The standard InChI is InChI=1S/C30H25FN4O2S2/c1-35(2)22-11-8-20(9-12-22)27-18-24-29(39-27)26(14-15-32-24)37-25-13-10-21(17-23(25)31)33-30(38)34-28(36)16-19-6-4-3-5-7-19/h3-15,17-18H,16H2,1-2H3,(H2,33,34,36,38). The van der Waals surface area contributed by atoms with E-state index in [1.807, 2.05) is 55.4 Å². The predicted molar refractivity (Wildman–Crippen MR) is 160 cm³/mol. The number of ether oxygens (including phenoxy) is 1. The molecular weight excluding hydrogens is 531 g/mol. The van der Waals surface area contributed by atoms with Gasteiger partial charge >= 0.3 is 0 Å². The lowest BCUT2D eigenvalue weighted by Crippen LogP contribution is -2.35. The molecule has 0 saturated carbocycles. The number of amides is 1. The van der Waals surface area contributed by atoms with Gasteiger partial charge in [-0.25, -0.2) is 4.39 Å². The second-order valence-electron chi connectivity index (χ2n) is 8.99. The normalized spacial score (nSPS) is 10.7. The first kappa shape index (κ1) is 26.3. The quantitative estimate of drug-likeness (QED) is 0.210. The van der Waals surface area contributed by atoms with Crippen molar-refractivity contribution in [1.29, 1.82) is 0 Å². The molecule has 1 amide bonds. The highest BCUT2D eigenvalue weighted by molar-refractivity contribution is 7.80. The Labute approximate surface area is 235 Å². The van der Waals surface area contributed by atoms with Crippen LogP contribution in [-0.4, -0.2) is 30.1 Å². The third-order valence-electron chi connectivity index (χ3n) is 5.91. The van der Waals surface area contributed by atoms with E-state index >= 15 is 0 Å². The van der Waals surface area contributed by atoms with E-state index in [1.165, 1.54) is 12.1 Å². The third kappa shape index (κ3) is 6.39. The number of nitrogens with one attached hydrogen (secondary N) is 2. The molecule has 5 aromatic rings. The Balaban J connectivity index is 1.27. The molecule has 2 aromatic heterocycles. The topological polar surface area (TPSA) is 66.5 Å². The molecule has 5 rings (SSSR count). The summed E-state index contributed by atoms with van der Waals surface area (Å²) in [7, 11) is 4.01. The summed E-state index contributed by atoms with van der Waals surface area (Å²) in [6, 6.07) is 25.8. The van der Waals surface area contributed by atoms with Crippen molar-refractivity contribution in [3.8, 4) is 21.9 Å². The second kappa shape index (κ2) is 11.6. The van der Waals surface area contributed by atoms with E-state index < -0.39 is 5.82 Å². The van der Waals surface area contributed by atoms with E-state index in [0.717, 1.165) is 31.9 Å². The number of pyridine rings is 1. The van der Waals surface area contributed by atoms with Crippen LogP contribution in [0.3, 0.4) is 0 Å². The zero-order valence-corrected chi connectivity index (χ0v) is 22.9. The molecule has 0 spiro atoms. The van der Waals surface area contributed by atoms with Gasteiger partial charge in [-0.15, -0.1) is 11.3 Å². The van der Waals surface area contributed by atoms with Crippen molar-refractivity contribution in [3.05, 3.63) is 103 Å². The fourth-order valence-corrected chi connectivity index (χ4v) is 5.26. The number of carbonyl (C=O) groups excluding carboxylic acids is 1. The highest BCUT2D eigenvalue weighted by Gasteiger charge is 2.14. The van der Waals surface area contributed by atoms with Gasteiger partial charge in [-0.1, -0.05) is 42.5 Å². The SMILES string of the molecule is CN(C)c1ccc(-c2cc3nccc(Oc4ccc(NC(=S)NC(=O)Cc5ccccc5)cc4F)c3s2)cc1. The minimum atomic E-state index is -0.570. The third-order valence-corrected chi connectivity index (χ3v) is 7.31. The number of thiocarbonyl (C=S) groups is 1. The number of hydrogen-bond donors (Lipinski definition) is 2. The summed E-state index contributed by atoms with van der Waals surface area (Å²) in [6.07, 6.45) is 1.84. The fraction of sp³-hybridized carbons (Fsp3) is 0.100.